The first-order chi connectivity index (χ1) is 8.63. The molecule has 1 fully saturated rings. The Morgan fingerprint density at radius 1 is 1.39 bits per heavy atom. The first-order valence-electron chi connectivity index (χ1n) is 6.28. The molecule has 1 aromatic carbocycles. The fourth-order valence-corrected chi connectivity index (χ4v) is 2.51. The van der Waals surface area contributed by atoms with E-state index in [9.17, 15) is 0 Å². The van der Waals surface area contributed by atoms with Crippen LogP contribution in [0.1, 0.15) is 25.3 Å². The molecule has 0 unspecified atom stereocenters. The summed E-state index contributed by atoms with van der Waals surface area (Å²) in [6.45, 7) is 4.81. The quantitative estimate of drug-likeness (QED) is 0.926. The molecule has 1 heterocycles. The maximum atomic E-state index is 5.41. The van der Waals surface area contributed by atoms with E-state index >= 15 is 0 Å². The van der Waals surface area contributed by atoms with Crippen LogP contribution in [0.2, 0.25) is 0 Å². The van der Waals surface area contributed by atoms with Crippen molar-refractivity contribution in [2.24, 2.45) is 0 Å². The van der Waals surface area contributed by atoms with Gasteiger partial charge in [0.1, 0.15) is 5.75 Å². The molecule has 2 rings (SSSR count). The van der Waals surface area contributed by atoms with Gasteiger partial charge in [-0.2, -0.15) is 0 Å². The van der Waals surface area contributed by atoms with Gasteiger partial charge in [0.2, 0.25) is 0 Å². The molecule has 1 aliphatic heterocycles. The minimum absolute atomic E-state index is 0.181. The molecule has 1 aliphatic rings. The van der Waals surface area contributed by atoms with E-state index in [1.165, 1.54) is 5.56 Å². The number of hydrogen-bond donors (Lipinski definition) is 1. The lowest BCUT2D eigenvalue weighted by Gasteiger charge is -2.34. The van der Waals surface area contributed by atoms with Crippen LogP contribution in [-0.2, 0) is 11.3 Å². The number of hydrogen-bond acceptors (Lipinski definition) is 3. The van der Waals surface area contributed by atoms with E-state index in [1.54, 1.807) is 7.11 Å². The van der Waals surface area contributed by atoms with E-state index in [4.69, 9.17) is 9.47 Å². The summed E-state index contributed by atoms with van der Waals surface area (Å²) in [6.07, 6.45) is 2.13. The van der Waals surface area contributed by atoms with Gasteiger partial charge in [-0.15, -0.1) is 0 Å². The van der Waals surface area contributed by atoms with Crippen LogP contribution in [-0.4, -0.2) is 25.9 Å². The van der Waals surface area contributed by atoms with Gasteiger partial charge < -0.3 is 14.8 Å². The highest BCUT2D eigenvalue weighted by molar-refractivity contribution is 9.10. The van der Waals surface area contributed by atoms with E-state index < -0.39 is 0 Å². The molecular weight excluding hydrogens is 294 g/mol. The summed E-state index contributed by atoms with van der Waals surface area (Å²) in [4.78, 5) is 0. The second-order valence-corrected chi connectivity index (χ2v) is 5.84. The lowest BCUT2D eigenvalue weighted by Crippen LogP contribution is -2.46. The molecule has 0 bridgehead atoms. The number of nitrogens with one attached hydrogen (secondary N) is 1. The lowest BCUT2D eigenvalue weighted by atomic mass is 9.92. The van der Waals surface area contributed by atoms with Crippen molar-refractivity contribution < 1.29 is 9.47 Å². The van der Waals surface area contributed by atoms with E-state index in [2.05, 4.69) is 34.2 Å². The van der Waals surface area contributed by atoms with Crippen molar-refractivity contribution in [3.05, 3.63) is 28.2 Å². The van der Waals surface area contributed by atoms with Crippen molar-refractivity contribution in [2.75, 3.05) is 20.3 Å². The Bertz CT molecular complexity index is 403. The van der Waals surface area contributed by atoms with Gasteiger partial charge in [-0.1, -0.05) is 15.9 Å². The zero-order valence-corrected chi connectivity index (χ0v) is 12.5. The van der Waals surface area contributed by atoms with Gasteiger partial charge in [0.25, 0.3) is 0 Å². The number of rotatable bonds is 4. The second kappa shape index (κ2) is 6.04. The van der Waals surface area contributed by atoms with Gasteiger partial charge in [0, 0.05) is 29.8 Å². The van der Waals surface area contributed by atoms with Crippen molar-refractivity contribution in [3.63, 3.8) is 0 Å². The van der Waals surface area contributed by atoms with Crippen molar-refractivity contribution in [1.82, 2.24) is 5.32 Å². The van der Waals surface area contributed by atoms with E-state index in [0.717, 1.165) is 42.8 Å². The molecular formula is C14H20BrNO2. The van der Waals surface area contributed by atoms with Gasteiger partial charge in [0.05, 0.1) is 7.11 Å². The third kappa shape index (κ3) is 3.46. The van der Waals surface area contributed by atoms with Gasteiger partial charge in [0.15, 0.2) is 0 Å². The summed E-state index contributed by atoms with van der Waals surface area (Å²) in [7, 11) is 1.69. The standard InChI is InChI=1S/C14H20BrNO2/c1-14(5-7-18-8-6-14)16-10-11-9-12(17-2)3-4-13(11)15/h3-4,9,16H,5-8,10H2,1-2H3. The third-order valence-corrected chi connectivity index (χ3v) is 4.33. The number of ether oxygens (including phenoxy) is 2. The zero-order valence-electron chi connectivity index (χ0n) is 11.0. The van der Waals surface area contributed by atoms with Crippen LogP contribution in [0, 0.1) is 0 Å². The minimum atomic E-state index is 0.181. The molecule has 0 amide bonds. The van der Waals surface area contributed by atoms with Crippen LogP contribution in [0.15, 0.2) is 22.7 Å². The summed E-state index contributed by atoms with van der Waals surface area (Å²) in [6, 6.07) is 6.06. The summed E-state index contributed by atoms with van der Waals surface area (Å²) < 4.78 is 11.8. The minimum Gasteiger partial charge on any atom is -0.497 e. The fraction of sp³-hybridized carbons (Fsp3) is 0.571. The molecule has 18 heavy (non-hydrogen) atoms. The van der Waals surface area contributed by atoms with Crippen molar-refractivity contribution >= 4 is 15.9 Å². The Balaban J connectivity index is 2.00. The van der Waals surface area contributed by atoms with Crippen molar-refractivity contribution in [2.45, 2.75) is 31.8 Å². The Hall–Kier alpha value is -0.580. The molecule has 0 saturated carbocycles. The molecule has 1 aromatic rings. The second-order valence-electron chi connectivity index (χ2n) is 4.98. The number of benzene rings is 1. The van der Waals surface area contributed by atoms with E-state index in [0.29, 0.717) is 0 Å². The van der Waals surface area contributed by atoms with Crippen LogP contribution in [0.25, 0.3) is 0 Å². The average Bonchev–Trinajstić information content (AvgIpc) is 2.39. The highest BCUT2D eigenvalue weighted by Gasteiger charge is 2.26. The topological polar surface area (TPSA) is 30.5 Å². The largest absolute Gasteiger partial charge is 0.497 e. The van der Waals surface area contributed by atoms with E-state index in [-0.39, 0.29) is 5.54 Å². The van der Waals surface area contributed by atoms with Crippen molar-refractivity contribution in [3.8, 4) is 5.75 Å². The maximum absolute atomic E-state index is 5.41. The van der Waals surface area contributed by atoms with Crippen LogP contribution in [0.5, 0.6) is 5.75 Å². The fourth-order valence-electron chi connectivity index (χ4n) is 2.12. The summed E-state index contributed by atoms with van der Waals surface area (Å²) in [5.41, 5.74) is 1.41. The van der Waals surface area contributed by atoms with Crippen LogP contribution in [0.4, 0.5) is 0 Å². The van der Waals surface area contributed by atoms with Gasteiger partial charge >= 0.3 is 0 Å². The van der Waals surface area contributed by atoms with Crippen LogP contribution in [0.3, 0.4) is 0 Å². The molecule has 0 radical (unpaired) electrons. The molecule has 0 aromatic heterocycles. The molecule has 3 nitrogen and oxygen atoms in total. The predicted molar refractivity (Wildman–Crippen MR) is 76.0 cm³/mol. The summed E-state index contributed by atoms with van der Waals surface area (Å²) >= 11 is 3.58. The molecule has 100 valence electrons. The molecule has 0 aliphatic carbocycles. The Labute approximate surface area is 117 Å². The van der Waals surface area contributed by atoms with Crippen molar-refractivity contribution in [1.29, 1.82) is 0 Å². The zero-order chi connectivity index (χ0) is 13.0. The highest BCUT2D eigenvalue weighted by atomic mass is 79.9. The normalized spacial score (nSPS) is 18.6. The number of methoxy groups -OCH3 is 1. The Kier molecular flexibility index (Phi) is 4.65. The van der Waals surface area contributed by atoms with Gasteiger partial charge in [-0.3, -0.25) is 0 Å². The molecule has 0 spiro atoms. The summed E-state index contributed by atoms with van der Waals surface area (Å²) in [5, 5.41) is 3.64. The van der Waals surface area contributed by atoms with Gasteiger partial charge in [-0.25, -0.2) is 0 Å². The molecule has 1 saturated heterocycles. The smallest absolute Gasteiger partial charge is 0.119 e. The Morgan fingerprint density at radius 2 is 2.11 bits per heavy atom. The first kappa shape index (κ1) is 13.8. The third-order valence-electron chi connectivity index (χ3n) is 3.55. The molecule has 0 atom stereocenters. The highest BCUT2D eigenvalue weighted by Crippen LogP contribution is 2.25. The van der Waals surface area contributed by atoms with Gasteiger partial charge in [-0.05, 0) is 43.5 Å². The molecule has 1 N–H and O–H groups in total. The average molecular weight is 314 g/mol. The monoisotopic (exact) mass is 313 g/mol. The first-order valence-corrected chi connectivity index (χ1v) is 7.07. The summed E-state index contributed by atoms with van der Waals surface area (Å²) in [5.74, 6) is 0.895. The van der Waals surface area contributed by atoms with Crippen LogP contribution >= 0.6 is 15.9 Å². The van der Waals surface area contributed by atoms with E-state index in [1.807, 2.05) is 12.1 Å². The lowest BCUT2D eigenvalue weighted by molar-refractivity contribution is 0.0446. The maximum Gasteiger partial charge on any atom is 0.119 e. The predicted octanol–water partition coefficient (Wildman–Crippen LogP) is 3.12. The number of halogens is 1. The SMILES string of the molecule is COc1ccc(Br)c(CNC2(C)CCOCC2)c1. The Morgan fingerprint density at radius 3 is 2.78 bits per heavy atom. The van der Waals surface area contributed by atoms with Crippen LogP contribution < -0.4 is 10.1 Å². The molecule has 4 heteroatoms.